The van der Waals surface area contributed by atoms with Gasteiger partial charge in [-0.25, -0.2) is 0 Å². The number of likely N-dealkylation sites (tertiary alicyclic amines) is 1. The van der Waals surface area contributed by atoms with E-state index < -0.39 is 0 Å². The molecule has 2 N–H and O–H groups in total. The van der Waals surface area contributed by atoms with Crippen molar-refractivity contribution in [1.29, 1.82) is 0 Å². The SMILES string of the molecule is CN=C(NCC1CCN(C)C1)NC(C)CCC(C)(C)C. The number of guanidine groups is 1. The lowest BCUT2D eigenvalue weighted by Gasteiger charge is -2.23. The Morgan fingerprint density at radius 2 is 2.10 bits per heavy atom. The fraction of sp³-hybridized carbons (Fsp3) is 0.938. The molecule has 0 aromatic rings. The zero-order valence-electron chi connectivity index (χ0n) is 14.3. The van der Waals surface area contributed by atoms with Gasteiger partial charge in [0.05, 0.1) is 0 Å². The predicted octanol–water partition coefficient (Wildman–Crippen LogP) is 2.32. The number of hydrogen-bond donors (Lipinski definition) is 2. The van der Waals surface area contributed by atoms with E-state index in [2.05, 4.69) is 55.3 Å². The molecule has 4 heteroatoms. The first-order valence-corrected chi connectivity index (χ1v) is 7.96. The Morgan fingerprint density at radius 3 is 2.60 bits per heavy atom. The largest absolute Gasteiger partial charge is 0.356 e. The van der Waals surface area contributed by atoms with Crippen molar-refractivity contribution in [2.75, 3.05) is 33.7 Å². The van der Waals surface area contributed by atoms with Crippen LogP contribution >= 0.6 is 0 Å². The third-order valence-corrected chi connectivity index (χ3v) is 3.98. The minimum atomic E-state index is 0.404. The minimum absolute atomic E-state index is 0.404. The molecule has 1 heterocycles. The second-order valence-corrected chi connectivity index (χ2v) is 7.51. The highest BCUT2D eigenvalue weighted by atomic mass is 15.2. The molecule has 0 amide bonds. The molecule has 4 nitrogen and oxygen atoms in total. The van der Waals surface area contributed by atoms with Crippen LogP contribution in [0.15, 0.2) is 4.99 Å². The molecule has 1 fully saturated rings. The summed E-state index contributed by atoms with van der Waals surface area (Å²) in [6.45, 7) is 12.6. The summed E-state index contributed by atoms with van der Waals surface area (Å²) in [5.74, 6) is 1.70. The zero-order valence-corrected chi connectivity index (χ0v) is 14.3. The van der Waals surface area contributed by atoms with Gasteiger partial charge >= 0.3 is 0 Å². The van der Waals surface area contributed by atoms with Crippen molar-refractivity contribution in [3.63, 3.8) is 0 Å². The molecule has 0 aromatic carbocycles. The van der Waals surface area contributed by atoms with E-state index in [0.29, 0.717) is 11.5 Å². The highest BCUT2D eigenvalue weighted by molar-refractivity contribution is 5.79. The summed E-state index contributed by atoms with van der Waals surface area (Å²) in [7, 11) is 4.05. The van der Waals surface area contributed by atoms with E-state index in [0.717, 1.165) is 18.4 Å². The van der Waals surface area contributed by atoms with Gasteiger partial charge in [-0.05, 0) is 51.1 Å². The van der Waals surface area contributed by atoms with Gasteiger partial charge in [0.2, 0.25) is 0 Å². The van der Waals surface area contributed by atoms with E-state index >= 15 is 0 Å². The van der Waals surface area contributed by atoms with E-state index in [1.54, 1.807) is 0 Å². The normalized spacial score (nSPS) is 22.9. The van der Waals surface area contributed by atoms with Crippen LogP contribution in [0.4, 0.5) is 0 Å². The van der Waals surface area contributed by atoms with Crippen LogP contribution in [-0.4, -0.2) is 50.6 Å². The standard InChI is InChI=1S/C16H34N4/c1-13(7-9-16(2,3)4)19-15(17-5)18-11-14-8-10-20(6)12-14/h13-14H,7-12H2,1-6H3,(H2,17,18,19). The van der Waals surface area contributed by atoms with Crippen LogP contribution in [-0.2, 0) is 0 Å². The van der Waals surface area contributed by atoms with Crippen molar-refractivity contribution in [3.8, 4) is 0 Å². The molecular formula is C16H34N4. The first-order chi connectivity index (χ1) is 9.30. The Hall–Kier alpha value is -0.770. The summed E-state index contributed by atoms with van der Waals surface area (Å²) < 4.78 is 0. The molecule has 0 radical (unpaired) electrons. The average molecular weight is 282 g/mol. The third-order valence-electron chi connectivity index (χ3n) is 3.98. The Balaban J connectivity index is 2.25. The van der Waals surface area contributed by atoms with Gasteiger partial charge in [0.15, 0.2) is 5.96 Å². The molecule has 2 unspecified atom stereocenters. The molecule has 1 aliphatic rings. The molecule has 0 saturated carbocycles. The van der Waals surface area contributed by atoms with Crippen molar-refractivity contribution in [1.82, 2.24) is 15.5 Å². The molecule has 118 valence electrons. The van der Waals surface area contributed by atoms with Gasteiger partial charge in [0.1, 0.15) is 0 Å². The second-order valence-electron chi connectivity index (χ2n) is 7.51. The molecule has 1 rings (SSSR count). The smallest absolute Gasteiger partial charge is 0.191 e. The summed E-state index contributed by atoms with van der Waals surface area (Å²) in [4.78, 5) is 6.73. The van der Waals surface area contributed by atoms with E-state index in [9.17, 15) is 0 Å². The monoisotopic (exact) mass is 282 g/mol. The van der Waals surface area contributed by atoms with Crippen LogP contribution in [0, 0.1) is 11.3 Å². The summed E-state index contributed by atoms with van der Waals surface area (Å²) in [5, 5.41) is 6.97. The van der Waals surface area contributed by atoms with Crippen LogP contribution in [0.3, 0.4) is 0 Å². The first-order valence-electron chi connectivity index (χ1n) is 7.96. The van der Waals surface area contributed by atoms with Crippen LogP contribution in [0.1, 0.15) is 47.0 Å². The van der Waals surface area contributed by atoms with Gasteiger partial charge in [-0.3, -0.25) is 4.99 Å². The molecule has 20 heavy (non-hydrogen) atoms. The van der Waals surface area contributed by atoms with Crippen LogP contribution in [0.5, 0.6) is 0 Å². The summed E-state index contributed by atoms with van der Waals surface area (Å²) >= 11 is 0. The quantitative estimate of drug-likeness (QED) is 0.600. The van der Waals surface area contributed by atoms with Gasteiger partial charge < -0.3 is 15.5 Å². The molecule has 1 saturated heterocycles. The number of hydrogen-bond acceptors (Lipinski definition) is 2. The van der Waals surface area contributed by atoms with E-state index in [1.165, 1.54) is 32.4 Å². The average Bonchev–Trinajstić information content (AvgIpc) is 2.77. The fourth-order valence-corrected chi connectivity index (χ4v) is 2.58. The van der Waals surface area contributed by atoms with Gasteiger partial charge in [0, 0.05) is 26.2 Å². The maximum Gasteiger partial charge on any atom is 0.191 e. The van der Waals surface area contributed by atoms with Gasteiger partial charge in [0.25, 0.3) is 0 Å². The topological polar surface area (TPSA) is 39.7 Å². The zero-order chi connectivity index (χ0) is 15.2. The highest BCUT2D eigenvalue weighted by Crippen LogP contribution is 2.21. The molecular weight excluding hydrogens is 248 g/mol. The Morgan fingerprint density at radius 1 is 1.40 bits per heavy atom. The van der Waals surface area contributed by atoms with Crippen LogP contribution < -0.4 is 10.6 Å². The lowest BCUT2D eigenvalue weighted by atomic mass is 9.89. The van der Waals surface area contributed by atoms with Gasteiger partial charge in [-0.2, -0.15) is 0 Å². The van der Waals surface area contributed by atoms with Crippen molar-refractivity contribution in [2.45, 2.75) is 53.0 Å². The van der Waals surface area contributed by atoms with Crippen molar-refractivity contribution in [3.05, 3.63) is 0 Å². The number of nitrogens with one attached hydrogen (secondary N) is 2. The molecule has 0 bridgehead atoms. The Labute approximate surface area is 125 Å². The predicted molar refractivity (Wildman–Crippen MR) is 88.3 cm³/mol. The van der Waals surface area contributed by atoms with E-state index in [-0.39, 0.29) is 0 Å². The maximum absolute atomic E-state index is 4.33. The molecule has 2 atom stereocenters. The Bertz CT molecular complexity index is 306. The minimum Gasteiger partial charge on any atom is -0.356 e. The van der Waals surface area contributed by atoms with E-state index in [4.69, 9.17) is 0 Å². The third kappa shape index (κ3) is 7.13. The number of nitrogens with zero attached hydrogens (tertiary/aromatic N) is 2. The lowest BCUT2D eigenvalue weighted by molar-refractivity contribution is 0.345. The summed E-state index contributed by atoms with van der Waals surface area (Å²) in [6, 6.07) is 0.465. The van der Waals surface area contributed by atoms with Crippen LogP contribution in [0.2, 0.25) is 0 Å². The van der Waals surface area contributed by atoms with Crippen molar-refractivity contribution >= 4 is 5.96 Å². The second kappa shape index (κ2) is 7.87. The summed E-state index contributed by atoms with van der Waals surface area (Å²) in [6.07, 6.45) is 3.70. The highest BCUT2D eigenvalue weighted by Gasteiger charge is 2.19. The number of aliphatic imine (C=N–C) groups is 1. The molecule has 0 spiro atoms. The van der Waals surface area contributed by atoms with Crippen molar-refractivity contribution in [2.24, 2.45) is 16.3 Å². The lowest BCUT2D eigenvalue weighted by Crippen LogP contribution is -2.44. The van der Waals surface area contributed by atoms with Crippen molar-refractivity contribution < 1.29 is 0 Å². The fourth-order valence-electron chi connectivity index (χ4n) is 2.58. The molecule has 1 aliphatic heterocycles. The molecule has 0 aliphatic carbocycles. The van der Waals surface area contributed by atoms with Gasteiger partial charge in [-0.15, -0.1) is 0 Å². The Kier molecular flexibility index (Phi) is 6.80. The first kappa shape index (κ1) is 17.3. The maximum atomic E-state index is 4.33. The van der Waals surface area contributed by atoms with Gasteiger partial charge in [-0.1, -0.05) is 20.8 Å². The van der Waals surface area contributed by atoms with Crippen LogP contribution in [0.25, 0.3) is 0 Å². The number of rotatable bonds is 5. The summed E-state index contributed by atoms with van der Waals surface area (Å²) in [5.41, 5.74) is 0.404. The van der Waals surface area contributed by atoms with E-state index in [1.807, 2.05) is 7.05 Å². The molecule has 0 aromatic heterocycles.